The second-order valence-corrected chi connectivity index (χ2v) is 8.69. The lowest BCUT2D eigenvalue weighted by molar-refractivity contribution is -0.116. The van der Waals surface area contributed by atoms with Crippen LogP contribution in [-0.4, -0.2) is 46.2 Å². The number of benzene rings is 2. The average Bonchev–Trinajstić information content (AvgIpc) is 2.75. The lowest BCUT2D eigenvalue weighted by Gasteiger charge is -2.36. The Morgan fingerprint density at radius 1 is 1.16 bits per heavy atom. The Kier molecular flexibility index (Phi) is 5.52. The van der Waals surface area contributed by atoms with E-state index < -0.39 is 6.10 Å². The number of hydrogen-bond acceptors (Lipinski definition) is 5. The highest BCUT2D eigenvalue weighted by atomic mass is 35.5. The third-order valence-electron chi connectivity index (χ3n) is 5.96. The maximum Gasteiger partial charge on any atom is 0.224 e. The van der Waals surface area contributed by atoms with Crippen LogP contribution >= 0.6 is 11.6 Å². The Balaban J connectivity index is 1.21. The van der Waals surface area contributed by atoms with Gasteiger partial charge in [0.25, 0.3) is 0 Å². The fourth-order valence-electron chi connectivity index (χ4n) is 4.31. The molecule has 1 amide bonds. The van der Waals surface area contributed by atoms with Crippen molar-refractivity contribution in [3.05, 3.63) is 64.8 Å². The Bertz CT molecular complexity index is 1140. The Morgan fingerprint density at radius 2 is 2.06 bits per heavy atom. The van der Waals surface area contributed by atoms with Gasteiger partial charge in [0, 0.05) is 48.2 Å². The number of piperidine rings is 1. The summed E-state index contributed by atoms with van der Waals surface area (Å²) in [5, 5.41) is 15.3. The Labute approximate surface area is 185 Å². The number of carbonyl (C=O) groups excluding carboxylic acids is 1. The predicted molar refractivity (Wildman–Crippen MR) is 120 cm³/mol. The smallest absolute Gasteiger partial charge is 0.224 e. The average molecular weight is 438 g/mol. The molecule has 0 unspecified atom stereocenters. The minimum Gasteiger partial charge on any atom is -0.488 e. The first-order valence-electron chi connectivity index (χ1n) is 10.6. The van der Waals surface area contributed by atoms with Crippen molar-refractivity contribution < 1.29 is 14.6 Å². The number of aliphatic hydroxyl groups is 1. The summed E-state index contributed by atoms with van der Waals surface area (Å²) in [6.07, 6.45) is 1.11. The largest absolute Gasteiger partial charge is 0.488 e. The van der Waals surface area contributed by atoms with Crippen molar-refractivity contribution in [1.29, 1.82) is 0 Å². The van der Waals surface area contributed by atoms with Gasteiger partial charge in [-0.25, -0.2) is 0 Å². The van der Waals surface area contributed by atoms with Crippen LogP contribution in [0.2, 0.25) is 5.02 Å². The zero-order chi connectivity index (χ0) is 21.4. The molecule has 2 atom stereocenters. The first-order chi connectivity index (χ1) is 15.0. The summed E-state index contributed by atoms with van der Waals surface area (Å²) in [7, 11) is 0. The quantitative estimate of drug-likeness (QED) is 0.649. The van der Waals surface area contributed by atoms with E-state index in [9.17, 15) is 9.90 Å². The molecule has 1 fully saturated rings. The van der Waals surface area contributed by atoms with Gasteiger partial charge in [-0.2, -0.15) is 0 Å². The van der Waals surface area contributed by atoms with Gasteiger partial charge in [-0.05, 0) is 48.7 Å². The fraction of sp³-hybridized carbons (Fsp3) is 0.333. The zero-order valence-corrected chi connectivity index (χ0v) is 17.8. The molecule has 6 nitrogen and oxygen atoms in total. The Hall–Kier alpha value is -2.67. The maximum atomic E-state index is 11.6. The third kappa shape index (κ3) is 4.51. The number of β-amino-alcohol motifs (C(OH)–C–C–N with tert-alkyl or cyclic N) is 1. The molecule has 0 spiro atoms. The summed E-state index contributed by atoms with van der Waals surface area (Å²) < 4.78 is 6.08. The first kappa shape index (κ1) is 20.2. The van der Waals surface area contributed by atoms with Crippen molar-refractivity contribution in [3.8, 4) is 5.75 Å². The molecule has 1 aromatic heterocycles. The van der Waals surface area contributed by atoms with Crippen LogP contribution in [0.25, 0.3) is 10.9 Å². The topological polar surface area (TPSA) is 74.7 Å². The van der Waals surface area contributed by atoms with E-state index in [-0.39, 0.29) is 12.0 Å². The normalized spacial score (nSPS) is 21.5. The van der Waals surface area contributed by atoms with Crippen LogP contribution in [0.5, 0.6) is 5.75 Å². The molecule has 7 heteroatoms. The minimum absolute atomic E-state index is 0.0309. The molecule has 2 aliphatic heterocycles. The molecule has 3 heterocycles. The molecule has 31 heavy (non-hydrogen) atoms. The van der Waals surface area contributed by atoms with Crippen LogP contribution in [0.15, 0.2) is 48.5 Å². The van der Waals surface area contributed by atoms with Crippen LogP contribution < -0.4 is 10.1 Å². The van der Waals surface area contributed by atoms with E-state index >= 15 is 0 Å². The molecule has 2 aromatic carbocycles. The summed E-state index contributed by atoms with van der Waals surface area (Å²) in [6.45, 7) is 2.00. The van der Waals surface area contributed by atoms with Crippen LogP contribution in [-0.2, 0) is 17.8 Å². The number of aromatic nitrogens is 1. The summed E-state index contributed by atoms with van der Waals surface area (Å²) in [6, 6.07) is 15.5. The second kappa shape index (κ2) is 8.46. The van der Waals surface area contributed by atoms with Gasteiger partial charge in [0.1, 0.15) is 18.0 Å². The number of nitrogens with one attached hydrogen (secondary N) is 1. The third-order valence-corrected chi connectivity index (χ3v) is 6.20. The Morgan fingerprint density at radius 3 is 2.94 bits per heavy atom. The van der Waals surface area contributed by atoms with Crippen molar-refractivity contribution >= 4 is 34.1 Å². The summed E-state index contributed by atoms with van der Waals surface area (Å²) in [4.78, 5) is 18.6. The number of amides is 1. The lowest BCUT2D eigenvalue weighted by atomic mass is 10.0. The molecule has 0 aliphatic carbocycles. The van der Waals surface area contributed by atoms with Gasteiger partial charge in [-0.15, -0.1) is 0 Å². The highest BCUT2D eigenvalue weighted by Gasteiger charge is 2.30. The predicted octanol–water partition coefficient (Wildman–Crippen LogP) is 3.79. The molecular formula is C24H24ClN3O3. The van der Waals surface area contributed by atoms with E-state index in [1.807, 2.05) is 48.5 Å². The number of aliphatic hydroxyl groups excluding tert-OH is 1. The van der Waals surface area contributed by atoms with E-state index in [0.717, 1.165) is 40.8 Å². The molecule has 5 rings (SSSR count). The molecule has 2 N–H and O–H groups in total. The van der Waals surface area contributed by atoms with Gasteiger partial charge in [-0.3, -0.25) is 14.7 Å². The minimum atomic E-state index is -0.598. The molecule has 2 aliphatic rings. The number of ether oxygens (including phenoxy) is 1. The van der Waals surface area contributed by atoms with E-state index in [4.69, 9.17) is 21.3 Å². The molecule has 160 valence electrons. The van der Waals surface area contributed by atoms with Crippen molar-refractivity contribution in [2.75, 3.05) is 18.4 Å². The number of carbonyl (C=O) groups is 1. The van der Waals surface area contributed by atoms with Crippen LogP contribution in [0.3, 0.4) is 0 Å². The van der Waals surface area contributed by atoms with Crippen molar-refractivity contribution in [2.45, 2.75) is 38.0 Å². The second-order valence-electron chi connectivity index (χ2n) is 8.25. The van der Waals surface area contributed by atoms with Gasteiger partial charge in [-0.1, -0.05) is 23.7 Å². The number of anilines is 1. The number of likely N-dealkylation sites (tertiary alicyclic amines) is 1. The van der Waals surface area contributed by atoms with Gasteiger partial charge in [0.15, 0.2) is 0 Å². The van der Waals surface area contributed by atoms with E-state index in [2.05, 4.69) is 10.2 Å². The number of aryl methyl sites for hydroxylation is 1. The molecule has 0 radical (unpaired) electrons. The van der Waals surface area contributed by atoms with Gasteiger partial charge in [0.05, 0.1) is 11.2 Å². The van der Waals surface area contributed by atoms with E-state index in [1.54, 1.807) is 0 Å². The van der Waals surface area contributed by atoms with Gasteiger partial charge in [0.2, 0.25) is 5.91 Å². The van der Waals surface area contributed by atoms with Crippen LogP contribution in [0.1, 0.15) is 24.1 Å². The number of pyridine rings is 1. The monoisotopic (exact) mass is 437 g/mol. The van der Waals surface area contributed by atoms with E-state index in [0.29, 0.717) is 36.7 Å². The van der Waals surface area contributed by atoms with Crippen molar-refractivity contribution in [2.24, 2.45) is 0 Å². The lowest BCUT2D eigenvalue weighted by Crippen LogP contribution is -2.48. The van der Waals surface area contributed by atoms with Crippen molar-refractivity contribution in [1.82, 2.24) is 9.88 Å². The maximum absolute atomic E-state index is 11.6. The van der Waals surface area contributed by atoms with Crippen LogP contribution in [0, 0.1) is 0 Å². The fourth-order valence-corrected chi connectivity index (χ4v) is 4.49. The SMILES string of the molecule is O=C1CCc2ccc(O[C@@H]3CCN(Cc4ccc5cc(Cl)ccc5n4)C[C@H]3O)cc2N1. The molecular weight excluding hydrogens is 414 g/mol. The standard InChI is InChI=1S/C24H24ClN3O3/c25-17-4-7-20-16(11-17)1-5-18(26-20)13-28-10-9-23(22(29)14-28)31-19-6-2-15-3-8-24(30)27-21(15)12-19/h1-2,4-7,11-12,22-23,29H,3,8-10,13-14H2,(H,27,30)/t22-,23-/m1/s1. The highest BCUT2D eigenvalue weighted by Crippen LogP contribution is 2.29. The summed E-state index contributed by atoms with van der Waals surface area (Å²) in [5.74, 6) is 0.705. The zero-order valence-electron chi connectivity index (χ0n) is 17.1. The number of halogens is 1. The number of fused-ring (bicyclic) bond motifs is 2. The summed E-state index contributed by atoms with van der Waals surface area (Å²) >= 11 is 6.05. The summed E-state index contributed by atoms with van der Waals surface area (Å²) in [5.41, 5.74) is 3.81. The number of nitrogens with zero attached hydrogens (tertiary/aromatic N) is 2. The number of rotatable bonds is 4. The number of hydrogen-bond donors (Lipinski definition) is 2. The van der Waals surface area contributed by atoms with Gasteiger partial charge < -0.3 is 15.2 Å². The van der Waals surface area contributed by atoms with E-state index in [1.165, 1.54) is 0 Å². The molecule has 0 bridgehead atoms. The van der Waals surface area contributed by atoms with Crippen molar-refractivity contribution in [3.63, 3.8) is 0 Å². The molecule has 1 saturated heterocycles. The molecule has 3 aromatic rings. The molecule has 0 saturated carbocycles. The first-order valence-corrected chi connectivity index (χ1v) is 11.0. The van der Waals surface area contributed by atoms with Crippen LogP contribution in [0.4, 0.5) is 5.69 Å². The highest BCUT2D eigenvalue weighted by molar-refractivity contribution is 6.31. The van der Waals surface area contributed by atoms with Gasteiger partial charge >= 0.3 is 0 Å².